The van der Waals surface area contributed by atoms with Crippen molar-refractivity contribution in [3.8, 4) is 0 Å². The molecule has 1 aromatic heterocycles. The van der Waals surface area contributed by atoms with Gasteiger partial charge in [0.05, 0.1) is 12.8 Å². The van der Waals surface area contributed by atoms with Crippen molar-refractivity contribution in [2.75, 3.05) is 11.9 Å². The maximum Gasteiger partial charge on any atom is 0.222 e. The predicted molar refractivity (Wildman–Crippen MR) is 70.1 cm³/mol. The predicted octanol–water partition coefficient (Wildman–Crippen LogP) is 2.54. The fourth-order valence-electron chi connectivity index (χ4n) is 1.58. The van der Waals surface area contributed by atoms with E-state index in [0.29, 0.717) is 19.5 Å². The number of carbonyl (C=O) groups excluding carboxylic acids is 1. The van der Waals surface area contributed by atoms with Gasteiger partial charge in [-0.05, 0) is 36.4 Å². The molecule has 1 amide bonds. The number of hydrogen-bond acceptors (Lipinski definition) is 3. The Hall–Kier alpha value is -2.30. The Kier molecular flexibility index (Phi) is 4.55. The Morgan fingerprint density at radius 1 is 1.21 bits per heavy atom. The largest absolute Gasteiger partial charge is 0.467 e. The zero-order valence-electron chi connectivity index (χ0n) is 10.4. The highest BCUT2D eigenvalue weighted by molar-refractivity contribution is 5.76. The quantitative estimate of drug-likeness (QED) is 0.841. The second-order valence-corrected chi connectivity index (χ2v) is 4.04. The third-order valence-corrected chi connectivity index (χ3v) is 2.57. The van der Waals surface area contributed by atoms with Crippen LogP contribution < -0.4 is 10.6 Å². The monoisotopic (exact) mass is 262 g/mol. The van der Waals surface area contributed by atoms with Crippen LogP contribution in [0.3, 0.4) is 0 Å². The molecule has 0 bridgehead atoms. The molecule has 0 fully saturated rings. The zero-order valence-corrected chi connectivity index (χ0v) is 10.4. The van der Waals surface area contributed by atoms with Crippen LogP contribution >= 0.6 is 0 Å². The zero-order chi connectivity index (χ0) is 13.5. The Bertz CT molecular complexity index is 509. The van der Waals surface area contributed by atoms with Crippen LogP contribution in [-0.2, 0) is 11.3 Å². The SMILES string of the molecule is O=C(CCNc1ccc(F)cc1)NCc1ccco1. The molecular weight excluding hydrogens is 247 g/mol. The van der Waals surface area contributed by atoms with Crippen LogP contribution in [-0.4, -0.2) is 12.5 Å². The Balaban J connectivity index is 1.65. The highest BCUT2D eigenvalue weighted by Gasteiger charge is 2.02. The van der Waals surface area contributed by atoms with Gasteiger partial charge >= 0.3 is 0 Å². The van der Waals surface area contributed by atoms with Crippen molar-refractivity contribution in [3.05, 3.63) is 54.2 Å². The highest BCUT2D eigenvalue weighted by atomic mass is 19.1. The van der Waals surface area contributed by atoms with Gasteiger partial charge < -0.3 is 15.1 Å². The van der Waals surface area contributed by atoms with Crippen LogP contribution in [0, 0.1) is 5.82 Å². The third-order valence-electron chi connectivity index (χ3n) is 2.57. The fourth-order valence-corrected chi connectivity index (χ4v) is 1.58. The molecule has 0 spiro atoms. The molecule has 0 saturated carbocycles. The Labute approximate surface area is 110 Å². The smallest absolute Gasteiger partial charge is 0.222 e. The normalized spacial score (nSPS) is 10.2. The number of halogens is 1. The van der Waals surface area contributed by atoms with E-state index >= 15 is 0 Å². The van der Waals surface area contributed by atoms with E-state index in [-0.39, 0.29) is 11.7 Å². The molecule has 19 heavy (non-hydrogen) atoms. The minimum Gasteiger partial charge on any atom is -0.467 e. The summed E-state index contributed by atoms with van der Waals surface area (Å²) in [6.07, 6.45) is 1.91. The van der Waals surface area contributed by atoms with Crippen LogP contribution in [0.1, 0.15) is 12.2 Å². The lowest BCUT2D eigenvalue weighted by Crippen LogP contribution is -2.24. The molecule has 2 rings (SSSR count). The van der Waals surface area contributed by atoms with Gasteiger partial charge in [0.25, 0.3) is 0 Å². The average molecular weight is 262 g/mol. The van der Waals surface area contributed by atoms with E-state index in [1.807, 2.05) is 0 Å². The molecule has 0 radical (unpaired) electrons. The van der Waals surface area contributed by atoms with Crippen molar-refractivity contribution in [2.45, 2.75) is 13.0 Å². The molecule has 0 saturated heterocycles. The van der Waals surface area contributed by atoms with Crippen LogP contribution in [0.4, 0.5) is 10.1 Å². The first kappa shape index (κ1) is 13.1. The Morgan fingerprint density at radius 3 is 2.68 bits per heavy atom. The van der Waals surface area contributed by atoms with Crippen LogP contribution in [0.2, 0.25) is 0 Å². The van der Waals surface area contributed by atoms with Crippen LogP contribution in [0.5, 0.6) is 0 Å². The maximum atomic E-state index is 12.7. The summed E-state index contributed by atoms with van der Waals surface area (Å²) in [5.74, 6) is 0.382. The topological polar surface area (TPSA) is 54.3 Å². The number of hydrogen-bond donors (Lipinski definition) is 2. The van der Waals surface area contributed by atoms with E-state index in [9.17, 15) is 9.18 Å². The first-order valence-corrected chi connectivity index (χ1v) is 6.02. The Morgan fingerprint density at radius 2 is 2.00 bits per heavy atom. The van der Waals surface area contributed by atoms with Crippen molar-refractivity contribution in [1.29, 1.82) is 0 Å². The van der Waals surface area contributed by atoms with Gasteiger partial charge in [-0.25, -0.2) is 4.39 Å². The van der Waals surface area contributed by atoms with Gasteiger partial charge in [0.2, 0.25) is 5.91 Å². The number of anilines is 1. The van der Waals surface area contributed by atoms with Crippen molar-refractivity contribution in [3.63, 3.8) is 0 Å². The number of benzene rings is 1. The van der Waals surface area contributed by atoms with E-state index in [2.05, 4.69) is 10.6 Å². The standard InChI is InChI=1S/C14H15FN2O2/c15-11-3-5-12(6-4-11)16-8-7-14(18)17-10-13-2-1-9-19-13/h1-6,9,16H,7-8,10H2,(H,17,18). The van der Waals surface area contributed by atoms with Gasteiger partial charge in [-0.3, -0.25) is 4.79 Å². The molecule has 5 heteroatoms. The minimum atomic E-state index is -0.276. The van der Waals surface area contributed by atoms with E-state index in [4.69, 9.17) is 4.42 Å². The van der Waals surface area contributed by atoms with Gasteiger partial charge in [-0.1, -0.05) is 0 Å². The van der Waals surface area contributed by atoms with Crippen LogP contribution in [0.15, 0.2) is 47.1 Å². The number of amides is 1. The summed E-state index contributed by atoms with van der Waals surface area (Å²) in [6, 6.07) is 9.60. The van der Waals surface area contributed by atoms with Crippen molar-refractivity contribution in [1.82, 2.24) is 5.32 Å². The summed E-state index contributed by atoms with van der Waals surface area (Å²) in [6.45, 7) is 0.887. The summed E-state index contributed by atoms with van der Waals surface area (Å²) in [5.41, 5.74) is 0.792. The molecule has 4 nitrogen and oxygen atoms in total. The number of carbonyl (C=O) groups is 1. The summed E-state index contributed by atoms with van der Waals surface area (Å²) >= 11 is 0. The summed E-state index contributed by atoms with van der Waals surface area (Å²) in [7, 11) is 0. The second-order valence-electron chi connectivity index (χ2n) is 4.04. The van der Waals surface area contributed by atoms with E-state index in [0.717, 1.165) is 11.4 Å². The molecule has 100 valence electrons. The molecule has 0 unspecified atom stereocenters. The van der Waals surface area contributed by atoms with Gasteiger partial charge in [0, 0.05) is 18.7 Å². The summed E-state index contributed by atoms with van der Waals surface area (Å²) in [4.78, 5) is 11.5. The number of nitrogens with one attached hydrogen (secondary N) is 2. The molecule has 1 heterocycles. The molecule has 2 aromatic rings. The number of furan rings is 1. The van der Waals surface area contributed by atoms with Gasteiger partial charge in [-0.15, -0.1) is 0 Å². The van der Waals surface area contributed by atoms with E-state index in [1.165, 1.54) is 12.1 Å². The van der Waals surface area contributed by atoms with Crippen LogP contribution in [0.25, 0.3) is 0 Å². The second kappa shape index (κ2) is 6.58. The maximum absolute atomic E-state index is 12.7. The lowest BCUT2D eigenvalue weighted by molar-refractivity contribution is -0.121. The fraction of sp³-hybridized carbons (Fsp3) is 0.214. The van der Waals surface area contributed by atoms with Gasteiger partial charge in [0.1, 0.15) is 11.6 Å². The first-order chi connectivity index (χ1) is 9.24. The van der Waals surface area contributed by atoms with Crippen molar-refractivity contribution in [2.24, 2.45) is 0 Å². The molecule has 1 aromatic carbocycles. The van der Waals surface area contributed by atoms with Gasteiger partial charge in [0.15, 0.2) is 0 Å². The summed E-state index contributed by atoms with van der Waals surface area (Å²) < 4.78 is 17.8. The molecule has 2 N–H and O–H groups in total. The molecular formula is C14H15FN2O2. The lowest BCUT2D eigenvalue weighted by atomic mass is 10.3. The molecule has 0 aliphatic carbocycles. The van der Waals surface area contributed by atoms with E-state index < -0.39 is 0 Å². The minimum absolute atomic E-state index is 0.0639. The van der Waals surface area contributed by atoms with Gasteiger partial charge in [-0.2, -0.15) is 0 Å². The first-order valence-electron chi connectivity index (χ1n) is 6.02. The van der Waals surface area contributed by atoms with E-state index in [1.54, 1.807) is 30.5 Å². The summed E-state index contributed by atoms with van der Waals surface area (Å²) in [5, 5.41) is 5.79. The molecule has 0 aliphatic heterocycles. The third kappa shape index (κ3) is 4.46. The van der Waals surface area contributed by atoms with Crippen molar-refractivity contribution < 1.29 is 13.6 Å². The lowest BCUT2D eigenvalue weighted by Gasteiger charge is -2.06. The van der Waals surface area contributed by atoms with Crippen molar-refractivity contribution >= 4 is 11.6 Å². The molecule has 0 atom stereocenters. The average Bonchev–Trinajstić information content (AvgIpc) is 2.92. The number of rotatable bonds is 6. The highest BCUT2D eigenvalue weighted by Crippen LogP contribution is 2.07. The molecule has 0 aliphatic rings.